The molecule has 0 fully saturated rings. The fourth-order valence-corrected chi connectivity index (χ4v) is 2.51. The maximum Gasteiger partial charge on any atom is 0.159 e. The molecule has 0 heterocycles. The Bertz CT molecular complexity index is 587. The van der Waals surface area contributed by atoms with Gasteiger partial charge in [-0.25, -0.2) is 8.78 Å². The molecule has 2 nitrogen and oxygen atoms in total. The van der Waals surface area contributed by atoms with E-state index in [1.165, 1.54) is 6.07 Å². The second-order valence-electron chi connectivity index (χ2n) is 5.57. The van der Waals surface area contributed by atoms with Gasteiger partial charge in [-0.1, -0.05) is 36.4 Å². The molecule has 0 aliphatic rings. The summed E-state index contributed by atoms with van der Waals surface area (Å²) in [6, 6.07) is 13.9. The fraction of sp³-hybridized carbons (Fsp3) is 0.333. The second kappa shape index (κ2) is 8.01. The molecule has 0 saturated carbocycles. The van der Waals surface area contributed by atoms with Gasteiger partial charge in [0, 0.05) is 13.1 Å². The predicted molar refractivity (Wildman–Crippen MR) is 83.5 cm³/mol. The summed E-state index contributed by atoms with van der Waals surface area (Å²) in [6.07, 6.45) is 0.254. The molecule has 0 saturated heterocycles. The number of aliphatic hydroxyl groups excluding tert-OH is 1. The molecule has 2 atom stereocenters. The van der Waals surface area contributed by atoms with Crippen LogP contribution in [0.15, 0.2) is 48.5 Å². The Morgan fingerprint density at radius 3 is 2.41 bits per heavy atom. The van der Waals surface area contributed by atoms with E-state index in [0.29, 0.717) is 25.1 Å². The first-order chi connectivity index (χ1) is 10.6. The lowest BCUT2D eigenvalue weighted by Crippen LogP contribution is -2.23. The molecule has 2 aromatic carbocycles. The third-order valence-corrected chi connectivity index (χ3v) is 3.60. The minimum Gasteiger partial charge on any atom is -0.393 e. The average molecular weight is 305 g/mol. The van der Waals surface area contributed by atoms with Crippen molar-refractivity contribution in [3.63, 3.8) is 0 Å². The number of hydrogen-bond donors (Lipinski definition) is 2. The van der Waals surface area contributed by atoms with E-state index in [1.807, 2.05) is 30.3 Å². The molecule has 0 amide bonds. The largest absolute Gasteiger partial charge is 0.393 e. The number of halogens is 2. The van der Waals surface area contributed by atoms with Gasteiger partial charge in [-0.15, -0.1) is 0 Å². The molecular formula is C18H21F2NO. The average Bonchev–Trinajstić information content (AvgIpc) is 2.50. The molecule has 2 aromatic rings. The molecule has 2 rings (SSSR count). The number of aliphatic hydroxyl groups is 1. The van der Waals surface area contributed by atoms with Gasteiger partial charge in [0.1, 0.15) is 0 Å². The Kier molecular flexibility index (Phi) is 6.04. The van der Waals surface area contributed by atoms with Crippen molar-refractivity contribution in [3.05, 3.63) is 71.3 Å². The van der Waals surface area contributed by atoms with E-state index >= 15 is 0 Å². The van der Waals surface area contributed by atoms with E-state index in [1.54, 1.807) is 13.0 Å². The molecule has 0 aliphatic heterocycles. The van der Waals surface area contributed by atoms with Crippen LogP contribution in [0.3, 0.4) is 0 Å². The standard InChI is InChI=1S/C18H21F2NO/c1-13(22)9-16(15-5-3-2-4-6-15)12-21-11-14-7-8-17(19)18(20)10-14/h2-8,10,13,16,21-22H,9,11-12H2,1H3. The van der Waals surface area contributed by atoms with E-state index in [4.69, 9.17) is 0 Å². The molecule has 2 N–H and O–H groups in total. The molecule has 0 spiro atoms. The maximum absolute atomic E-state index is 13.2. The van der Waals surface area contributed by atoms with E-state index in [9.17, 15) is 13.9 Å². The zero-order valence-electron chi connectivity index (χ0n) is 12.6. The van der Waals surface area contributed by atoms with Gasteiger partial charge in [0.15, 0.2) is 11.6 Å². The van der Waals surface area contributed by atoms with Gasteiger partial charge in [0.05, 0.1) is 6.10 Å². The molecule has 2 unspecified atom stereocenters. The maximum atomic E-state index is 13.2. The highest BCUT2D eigenvalue weighted by Crippen LogP contribution is 2.20. The van der Waals surface area contributed by atoms with Crippen molar-refractivity contribution in [2.75, 3.05) is 6.54 Å². The lowest BCUT2D eigenvalue weighted by molar-refractivity contribution is 0.173. The van der Waals surface area contributed by atoms with E-state index in [0.717, 1.165) is 11.6 Å². The number of rotatable bonds is 7. The van der Waals surface area contributed by atoms with Crippen molar-refractivity contribution >= 4 is 0 Å². The van der Waals surface area contributed by atoms with Crippen LogP contribution in [0.1, 0.15) is 30.4 Å². The summed E-state index contributed by atoms with van der Waals surface area (Å²) in [4.78, 5) is 0. The zero-order chi connectivity index (χ0) is 15.9. The highest BCUT2D eigenvalue weighted by Gasteiger charge is 2.14. The Morgan fingerprint density at radius 1 is 1.05 bits per heavy atom. The number of benzene rings is 2. The normalized spacial score (nSPS) is 13.8. The van der Waals surface area contributed by atoms with Crippen molar-refractivity contribution in [1.82, 2.24) is 5.32 Å². The minimum atomic E-state index is -0.833. The van der Waals surface area contributed by atoms with Crippen LogP contribution >= 0.6 is 0 Å². The summed E-state index contributed by atoms with van der Waals surface area (Å²) in [5.41, 5.74) is 1.85. The molecule has 4 heteroatoms. The van der Waals surface area contributed by atoms with Crippen LogP contribution in [0.2, 0.25) is 0 Å². The van der Waals surface area contributed by atoms with Crippen LogP contribution in [0.25, 0.3) is 0 Å². The van der Waals surface area contributed by atoms with Gasteiger partial charge in [0.25, 0.3) is 0 Å². The highest BCUT2D eigenvalue weighted by atomic mass is 19.2. The number of hydrogen-bond acceptors (Lipinski definition) is 2. The van der Waals surface area contributed by atoms with Crippen molar-refractivity contribution in [1.29, 1.82) is 0 Å². The molecule has 0 bridgehead atoms. The third kappa shape index (κ3) is 4.90. The van der Waals surface area contributed by atoms with Crippen LogP contribution in [-0.2, 0) is 6.54 Å². The van der Waals surface area contributed by atoms with Gasteiger partial charge in [-0.3, -0.25) is 0 Å². The third-order valence-electron chi connectivity index (χ3n) is 3.60. The first-order valence-electron chi connectivity index (χ1n) is 7.44. The lowest BCUT2D eigenvalue weighted by Gasteiger charge is -2.19. The van der Waals surface area contributed by atoms with E-state index in [-0.39, 0.29) is 5.92 Å². The summed E-state index contributed by atoms with van der Waals surface area (Å²) in [6.45, 7) is 2.89. The molecule has 118 valence electrons. The van der Waals surface area contributed by atoms with Crippen LogP contribution < -0.4 is 5.32 Å². The molecule has 0 aromatic heterocycles. The molecule has 0 radical (unpaired) electrons. The topological polar surface area (TPSA) is 32.3 Å². The highest BCUT2D eigenvalue weighted by molar-refractivity contribution is 5.21. The van der Waals surface area contributed by atoms with Crippen molar-refractivity contribution in [3.8, 4) is 0 Å². The Hall–Kier alpha value is -1.78. The summed E-state index contributed by atoms with van der Waals surface area (Å²) in [5, 5.41) is 12.9. The summed E-state index contributed by atoms with van der Waals surface area (Å²) in [7, 11) is 0. The monoisotopic (exact) mass is 305 g/mol. The van der Waals surface area contributed by atoms with Gasteiger partial charge in [-0.05, 0) is 42.5 Å². The quantitative estimate of drug-likeness (QED) is 0.819. The number of nitrogens with one attached hydrogen (secondary N) is 1. The van der Waals surface area contributed by atoms with Crippen LogP contribution in [0.5, 0.6) is 0 Å². The van der Waals surface area contributed by atoms with Gasteiger partial charge < -0.3 is 10.4 Å². The van der Waals surface area contributed by atoms with Crippen molar-refractivity contribution in [2.45, 2.75) is 31.9 Å². The zero-order valence-corrected chi connectivity index (χ0v) is 12.6. The van der Waals surface area contributed by atoms with Crippen LogP contribution in [-0.4, -0.2) is 17.8 Å². The smallest absolute Gasteiger partial charge is 0.159 e. The Balaban J connectivity index is 1.95. The second-order valence-corrected chi connectivity index (χ2v) is 5.57. The molecular weight excluding hydrogens is 284 g/mol. The van der Waals surface area contributed by atoms with E-state index < -0.39 is 17.7 Å². The van der Waals surface area contributed by atoms with Crippen LogP contribution in [0, 0.1) is 11.6 Å². The van der Waals surface area contributed by atoms with Crippen molar-refractivity contribution < 1.29 is 13.9 Å². The predicted octanol–water partition coefficient (Wildman–Crippen LogP) is 3.61. The summed E-state index contributed by atoms with van der Waals surface area (Å²) >= 11 is 0. The Morgan fingerprint density at radius 2 is 1.77 bits per heavy atom. The fourth-order valence-electron chi connectivity index (χ4n) is 2.51. The van der Waals surface area contributed by atoms with Gasteiger partial charge in [0.2, 0.25) is 0 Å². The van der Waals surface area contributed by atoms with Gasteiger partial charge in [-0.2, -0.15) is 0 Å². The van der Waals surface area contributed by atoms with Gasteiger partial charge >= 0.3 is 0 Å². The van der Waals surface area contributed by atoms with E-state index in [2.05, 4.69) is 5.32 Å². The summed E-state index contributed by atoms with van der Waals surface area (Å²) < 4.78 is 26.1. The lowest BCUT2D eigenvalue weighted by atomic mass is 9.93. The SMILES string of the molecule is CC(O)CC(CNCc1ccc(F)c(F)c1)c1ccccc1. The molecule has 0 aliphatic carbocycles. The van der Waals surface area contributed by atoms with Crippen LogP contribution in [0.4, 0.5) is 8.78 Å². The Labute approximate surface area is 129 Å². The molecule has 22 heavy (non-hydrogen) atoms. The first kappa shape index (κ1) is 16.6. The minimum absolute atomic E-state index is 0.173. The first-order valence-corrected chi connectivity index (χ1v) is 7.44. The summed E-state index contributed by atoms with van der Waals surface area (Å²) in [5.74, 6) is -1.49. The van der Waals surface area contributed by atoms with Crippen molar-refractivity contribution in [2.24, 2.45) is 0 Å².